The van der Waals surface area contributed by atoms with Crippen molar-refractivity contribution in [2.75, 3.05) is 5.32 Å². The second kappa shape index (κ2) is 8.05. The van der Waals surface area contributed by atoms with Crippen LogP contribution in [0.5, 0.6) is 0 Å². The van der Waals surface area contributed by atoms with Gasteiger partial charge < -0.3 is 9.73 Å². The molecule has 0 unspecified atom stereocenters. The monoisotopic (exact) mass is 407 g/mol. The van der Waals surface area contributed by atoms with Crippen molar-refractivity contribution in [3.63, 3.8) is 0 Å². The van der Waals surface area contributed by atoms with E-state index in [9.17, 15) is 4.39 Å². The Morgan fingerprint density at radius 1 is 0.931 bits per heavy atom. The molecule has 0 saturated heterocycles. The van der Waals surface area contributed by atoms with Crippen molar-refractivity contribution >= 4 is 17.3 Å². The smallest absolute Gasteiger partial charge is 0.247 e. The lowest BCUT2D eigenvalue weighted by Crippen LogP contribution is -2.13. The van der Waals surface area contributed by atoms with Gasteiger partial charge in [0.25, 0.3) is 0 Å². The summed E-state index contributed by atoms with van der Waals surface area (Å²) in [5, 5.41) is 12.4. The maximum atomic E-state index is 13.6. The van der Waals surface area contributed by atoms with E-state index < -0.39 is 0 Å². The van der Waals surface area contributed by atoms with E-state index in [1.54, 1.807) is 12.1 Å². The van der Waals surface area contributed by atoms with Crippen LogP contribution in [0.2, 0.25) is 5.02 Å². The summed E-state index contributed by atoms with van der Waals surface area (Å²) in [6.45, 7) is 4.13. The number of anilines is 1. The van der Waals surface area contributed by atoms with Gasteiger partial charge in [-0.3, -0.25) is 0 Å². The first-order chi connectivity index (χ1) is 14.0. The normalized spacial score (nSPS) is 12.0. The summed E-state index contributed by atoms with van der Waals surface area (Å²) >= 11 is 6.05. The summed E-state index contributed by atoms with van der Waals surface area (Å²) in [7, 11) is 0. The number of halogens is 2. The summed E-state index contributed by atoms with van der Waals surface area (Å²) in [6.07, 6.45) is 0. The van der Waals surface area contributed by atoms with E-state index in [0.717, 1.165) is 11.3 Å². The van der Waals surface area contributed by atoms with Gasteiger partial charge in [-0.2, -0.15) is 0 Å². The zero-order valence-electron chi connectivity index (χ0n) is 16.0. The van der Waals surface area contributed by atoms with Gasteiger partial charge in [0.1, 0.15) is 11.9 Å². The molecule has 1 aromatic heterocycles. The maximum absolute atomic E-state index is 13.6. The molecule has 29 heavy (non-hydrogen) atoms. The van der Waals surface area contributed by atoms with E-state index in [1.165, 1.54) is 23.3 Å². The molecule has 4 rings (SSSR count). The van der Waals surface area contributed by atoms with Crippen LogP contribution in [0.3, 0.4) is 0 Å². The summed E-state index contributed by atoms with van der Waals surface area (Å²) < 4.78 is 19.5. The number of nitrogens with zero attached hydrogens (tertiary/aromatic N) is 2. The molecule has 1 N–H and O–H groups in total. The third-order valence-corrected chi connectivity index (χ3v) is 5.03. The Hall–Kier alpha value is -3.18. The van der Waals surface area contributed by atoms with E-state index in [2.05, 4.69) is 41.5 Å². The highest BCUT2D eigenvalue weighted by molar-refractivity contribution is 6.30. The van der Waals surface area contributed by atoms with Crippen molar-refractivity contribution in [3.05, 3.63) is 100 Å². The van der Waals surface area contributed by atoms with Gasteiger partial charge in [-0.1, -0.05) is 35.9 Å². The number of rotatable bonds is 5. The number of aryl methyl sites for hydroxylation is 2. The molecule has 0 aliphatic carbocycles. The van der Waals surface area contributed by atoms with Crippen molar-refractivity contribution in [2.45, 2.75) is 19.9 Å². The lowest BCUT2D eigenvalue weighted by atomic mass is 10.1. The topological polar surface area (TPSA) is 51.0 Å². The van der Waals surface area contributed by atoms with Gasteiger partial charge >= 0.3 is 0 Å². The summed E-state index contributed by atoms with van der Waals surface area (Å²) in [6, 6.07) is 19.3. The van der Waals surface area contributed by atoms with Gasteiger partial charge in [-0.05, 0) is 73.0 Å². The molecule has 0 radical (unpaired) electrons. The van der Waals surface area contributed by atoms with Crippen LogP contribution in [0.4, 0.5) is 10.1 Å². The molecule has 146 valence electrons. The lowest BCUT2D eigenvalue weighted by Gasteiger charge is -2.18. The van der Waals surface area contributed by atoms with Crippen molar-refractivity contribution in [1.82, 2.24) is 10.2 Å². The summed E-state index contributed by atoms with van der Waals surface area (Å²) in [4.78, 5) is 0. The highest BCUT2D eigenvalue weighted by atomic mass is 35.5. The standard InChI is InChI=1S/C23H19ClFN3O/c1-14-6-11-20(12-15(14)2)26-21(16-7-9-18(24)10-8-16)23-28-27-22(29-23)17-4-3-5-19(25)13-17/h3-13,21,26H,1-2H3/t21-/m0/s1. The predicted octanol–water partition coefficient (Wildman–Crippen LogP) is 6.35. The zero-order chi connectivity index (χ0) is 20.4. The number of hydrogen-bond acceptors (Lipinski definition) is 4. The third kappa shape index (κ3) is 4.30. The largest absolute Gasteiger partial charge is 0.418 e. The zero-order valence-corrected chi connectivity index (χ0v) is 16.7. The van der Waals surface area contributed by atoms with Crippen LogP contribution >= 0.6 is 11.6 Å². The van der Waals surface area contributed by atoms with Crippen LogP contribution < -0.4 is 5.32 Å². The molecule has 4 aromatic rings. The minimum absolute atomic E-state index is 0.264. The molecule has 4 nitrogen and oxygen atoms in total. The lowest BCUT2D eigenvalue weighted by molar-refractivity contribution is 0.493. The highest BCUT2D eigenvalue weighted by Gasteiger charge is 2.22. The summed E-state index contributed by atoms with van der Waals surface area (Å²) in [5.74, 6) is 0.287. The van der Waals surface area contributed by atoms with Crippen LogP contribution in [-0.2, 0) is 0 Å². The molecule has 1 atom stereocenters. The van der Waals surface area contributed by atoms with Crippen LogP contribution in [-0.4, -0.2) is 10.2 Å². The quantitative estimate of drug-likeness (QED) is 0.419. The average molecular weight is 408 g/mol. The third-order valence-electron chi connectivity index (χ3n) is 4.78. The first-order valence-electron chi connectivity index (χ1n) is 9.18. The Morgan fingerprint density at radius 2 is 1.72 bits per heavy atom. The number of hydrogen-bond donors (Lipinski definition) is 1. The number of nitrogens with one attached hydrogen (secondary N) is 1. The highest BCUT2D eigenvalue weighted by Crippen LogP contribution is 2.30. The van der Waals surface area contributed by atoms with Crippen molar-refractivity contribution < 1.29 is 8.81 Å². The second-order valence-corrected chi connectivity index (χ2v) is 7.32. The van der Waals surface area contributed by atoms with Gasteiger partial charge in [-0.25, -0.2) is 4.39 Å². The van der Waals surface area contributed by atoms with Crippen LogP contribution in [0.15, 0.2) is 71.1 Å². The van der Waals surface area contributed by atoms with E-state index in [-0.39, 0.29) is 17.7 Å². The van der Waals surface area contributed by atoms with Crippen LogP contribution in [0.25, 0.3) is 11.5 Å². The van der Waals surface area contributed by atoms with Gasteiger partial charge in [-0.15, -0.1) is 10.2 Å². The molecule has 0 fully saturated rings. The molecule has 6 heteroatoms. The van der Waals surface area contributed by atoms with Crippen LogP contribution in [0, 0.1) is 19.7 Å². The van der Waals surface area contributed by atoms with E-state index in [0.29, 0.717) is 16.5 Å². The molecule has 0 aliphatic heterocycles. The van der Waals surface area contributed by atoms with Gasteiger partial charge in [0.2, 0.25) is 11.8 Å². The first-order valence-corrected chi connectivity index (χ1v) is 9.56. The number of benzene rings is 3. The molecule has 0 aliphatic rings. The molecule has 3 aromatic carbocycles. The van der Waals surface area contributed by atoms with Crippen molar-refractivity contribution in [2.24, 2.45) is 0 Å². The van der Waals surface area contributed by atoms with Gasteiger partial charge in [0.15, 0.2) is 0 Å². The molecule has 0 spiro atoms. The molecule has 0 saturated carbocycles. The molecular weight excluding hydrogens is 389 g/mol. The maximum Gasteiger partial charge on any atom is 0.247 e. The molecular formula is C23H19ClFN3O. The predicted molar refractivity (Wildman–Crippen MR) is 113 cm³/mol. The Kier molecular flexibility index (Phi) is 5.32. The van der Waals surface area contributed by atoms with Crippen molar-refractivity contribution in [1.29, 1.82) is 0 Å². The Bertz CT molecular complexity index is 1140. The molecule has 1 heterocycles. The van der Waals surface area contributed by atoms with Crippen molar-refractivity contribution in [3.8, 4) is 11.5 Å². The molecule has 0 amide bonds. The average Bonchev–Trinajstić information content (AvgIpc) is 3.20. The minimum atomic E-state index is -0.385. The van der Waals surface area contributed by atoms with E-state index in [4.69, 9.17) is 16.0 Å². The fourth-order valence-corrected chi connectivity index (χ4v) is 3.16. The fourth-order valence-electron chi connectivity index (χ4n) is 3.03. The first kappa shape index (κ1) is 19.2. The fraction of sp³-hybridized carbons (Fsp3) is 0.130. The molecule has 0 bridgehead atoms. The Labute approximate surface area is 173 Å². The second-order valence-electron chi connectivity index (χ2n) is 6.88. The minimum Gasteiger partial charge on any atom is -0.418 e. The summed E-state index contributed by atoms with van der Waals surface area (Å²) in [5.41, 5.74) is 4.77. The number of aromatic nitrogens is 2. The Balaban J connectivity index is 1.72. The Morgan fingerprint density at radius 3 is 2.45 bits per heavy atom. The van der Waals surface area contributed by atoms with E-state index in [1.807, 2.05) is 30.3 Å². The van der Waals surface area contributed by atoms with Gasteiger partial charge in [0, 0.05) is 16.3 Å². The SMILES string of the molecule is Cc1ccc(N[C@@H](c2ccc(Cl)cc2)c2nnc(-c3cccc(F)c3)o2)cc1C. The van der Waals surface area contributed by atoms with Crippen LogP contribution in [0.1, 0.15) is 28.6 Å². The van der Waals surface area contributed by atoms with Gasteiger partial charge in [0.05, 0.1) is 0 Å². The van der Waals surface area contributed by atoms with E-state index >= 15 is 0 Å².